The molecular formula is C20H24N4O4. The number of hydrazone groups is 1. The number of urea groups is 1. The van der Waals surface area contributed by atoms with Gasteiger partial charge in [0.05, 0.1) is 12.8 Å². The third-order valence-corrected chi connectivity index (χ3v) is 3.59. The van der Waals surface area contributed by atoms with Gasteiger partial charge in [-0.15, -0.1) is 0 Å². The number of rotatable bonds is 10. The minimum Gasteiger partial charge on any atom is -0.490 e. The van der Waals surface area contributed by atoms with Gasteiger partial charge < -0.3 is 20.5 Å². The quantitative estimate of drug-likeness (QED) is 0.428. The molecule has 0 spiro atoms. The molecule has 0 bridgehead atoms. The Balaban J connectivity index is 1.86. The van der Waals surface area contributed by atoms with Crippen LogP contribution in [0.3, 0.4) is 0 Å². The van der Waals surface area contributed by atoms with E-state index in [9.17, 15) is 9.59 Å². The van der Waals surface area contributed by atoms with Gasteiger partial charge >= 0.3 is 6.03 Å². The minimum absolute atomic E-state index is 0.120. The largest absolute Gasteiger partial charge is 0.490 e. The van der Waals surface area contributed by atoms with Crippen molar-refractivity contribution in [3.8, 4) is 11.5 Å². The van der Waals surface area contributed by atoms with E-state index >= 15 is 0 Å². The molecule has 0 aliphatic carbocycles. The van der Waals surface area contributed by atoms with Crippen LogP contribution in [0.5, 0.6) is 11.5 Å². The number of benzene rings is 2. The highest BCUT2D eigenvalue weighted by Gasteiger charge is 2.09. The highest BCUT2D eigenvalue weighted by atomic mass is 16.5. The van der Waals surface area contributed by atoms with Gasteiger partial charge in [-0.25, -0.2) is 10.2 Å². The number of primary amides is 1. The van der Waals surface area contributed by atoms with E-state index in [1.165, 1.54) is 6.21 Å². The highest BCUT2D eigenvalue weighted by molar-refractivity contribution is 5.82. The predicted octanol–water partition coefficient (Wildman–Crippen LogP) is 1.83. The molecule has 0 saturated carbocycles. The van der Waals surface area contributed by atoms with Crippen molar-refractivity contribution in [1.82, 2.24) is 10.7 Å². The van der Waals surface area contributed by atoms with Crippen molar-refractivity contribution in [1.29, 1.82) is 0 Å². The SMILES string of the molecule is CCOc1cc(C=NNC(N)=O)ccc1OCC(=O)NCCc1ccccc1. The van der Waals surface area contributed by atoms with E-state index < -0.39 is 6.03 Å². The van der Waals surface area contributed by atoms with Crippen LogP contribution in [0.1, 0.15) is 18.1 Å². The van der Waals surface area contributed by atoms with Gasteiger partial charge in [-0.05, 0) is 42.7 Å². The molecule has 0 aliphatic rings. The van der Waals surface area contributed by atoms with Crippen molar-refractivity contribution in [3.05, 3.63) is 59.7 Å². The van der Waals surface area contributed by atoms with Gasteiger partial charge in [0.1, 0.15) is 0 Å². The molecule has 8 nitrogen and oxygen atoms in total. The first-order valence-electron chi connectivity index (χ1n) is 8.87. The lowest BCUT2D eigenvalue weighted by Crippen LogP contribution is -2.30. The first-order valence-corrected chi connectivity index (χ1v) is 8.87. The van der Waals surface area contributed by atoms with Crippen LogP contribution in [0.4, 0.5) is 4.79 Å². The van der Waals surface area contributed by atoms with Crippen molar-refractivity contribution in [2.75, 3.05) is 19.8 Å². The normalized spacial score (nSPS) is 10.5. The maximum Gasteiger partial charge on any atom is 0.332 e. The van der Waals surface area contributed by atoms with Gasteiger partial charge in [0.25, 0.3) is 5.91 Å². The highest BCUT2D eigenvalue weighted by Crippen LogP contribution is 2.28. The lowest BCUT2D eigenvalue weighted by atomic mass is 10.1. The fourth-order valence-corrected chi connectivity index (χ4v) is 2.35. The molecule has 0 heterocycles. The average Bonchev–Trinajstić information content (AvgIpc) is 2.68. The number of ether oxygens (including phenoxy) is 2. The number of carbonyl (C=O) groups is 2. The Morgan fingerprint density at radius 3 is 2.61 bits per heavy atom. The van der Waals surface area contributed by atoms with Crippen molar-refractivity contribution >= 4 is 18.2 Å². The summed E-state index contributed by atoms with van der Waals surface area (Å²) in [6.07, 6.45) is 2.18. The minimum atomic E-state index is -0.750. The molecular weight excluding hydrogens is 360 g/mol. The van der Waals surface area contributed by atoms with Crippen LogP contribution in [-0.2, 0) is 11.2 Å². The van der Waals surface area contributed by atoms with E-state index in [0.717, 1.165) is 12.0 Å². The lowest BCUT2D eigenvalue weighted by molar-refractivity contribution is -0.123. The summed E-state index contributed by atoms with van der Waals surface area (Å²) in [5, 5.41) is 6.52. The van der Waals surface area contributed by atoms with Gasteiger partial charge in [-0.2, -0.15) is 5.10 Å². The summed E-state index contributed by atoms with van der Waals surface area (Å²) in [5.74, 6) is 0.706. The van der Waals surface area contributed by atoms with Crippen molar-refractivity contribution in [3.63, 3.8) is 0 Å². The molecule has 0 aliphatic heterocycles. The smallest absolute Gasteiger partial charge is 0.332 e. The molecule has 4 N–H and O–H groups in total. The van der Waals surface area contributed by atoms with Crippen LogP contribution >= 0.6 is 0 Å². The Morgan fingerprint density at radius 1 is 1.11 bits per heavy atom. The second kappa shape index (κ2) is 11.2. The van der Waals surface area contributed by atoms with E-state index in [1.807, 2.05) is 37.3 Å². The Hall–Kier alpha value is -3.55. The van der Waals surface area contributed by atoms with Crippen LogP contribution < -0.4 is 25.9 Å². The molecule has 0 saturated heterocycles. The zero-order valence-corrected chi connectivity index (χ0v) is 15.7. The number of nitrogens with zero attached hydrogens (tertiary/aromatic N) is 1. The Labute approximate surface area is 163 Å². The van der Waals surface area contributed by atoms with Crippen LogP contribution in [-0.4, -0.2) is 37.9 Å². The van der Waals surface area contributed by atoms with Gasteiger partial charge in [0.15, 0.2) is 18.1 Å². The molecule has 2 aromatic rings. The predicted molar refractivity (Wildman–Crippen MR) is 107 cm³/mol. The number of hydrogen-bond donors (Lipinski definition) is 3. The molecule has 8 heteroatoms. The molecule has 2 aromatic carbocycles. The van der Waals surface area contributed by atoms with Crippen LogP contribution in [0.15, 0.2) is 53.6 Å². The van der Waals surface area contributed by atoms with E-state index in [2.05, 4.69) is 15.8 Å². The molecule has 0 aromatic heterocycles. The number of carbonyl (C=O) groups excluding carboxylic acids is 2. The third-order valence-electron chi connectivity index (χ3n) is 3.59. The summed E-state index contributed by atoms with van der Waals surface area (Å²) in [6.45, 7) is 2.69. The Kier molecular flexibility index (Phi) is 8.32. The second-order valence-electron chi connectivity index (χ2n) is 5.75. The third kappa shape index (κ3) is 7.36. The standard InChI is InChI=1S/C20H24N4O4/c1-2-27-18-12-16(13-23-24-20(21)26)8-9-17(18)28-14-19(25)22-11-10-15-6-4-3-5-7-15/h3-9,12-13H,2,10-11,14H2,1H3,(H,22,25)(H3,21,24,26). The van der Waals surface area contributed by atoms with Gasteiger partial charge in [-0.1, -0.05) is 30.3 Å². The Bertz CT molecular complexity index is 809. The summed E-state index contributed by atoms with van der Waals surface area (Å²) in [6, 6.07) is 14.3. The van der Waals surface area contributed by atoms with Gasteiger partial charge in [0, 0.05) is 6.54 Å². The topological polar surface area (TPSA) is 115 Å². The van der Waals surface area contributed by atoms with Crippen molar-refractivity contribution in [2.45, 2.75) is 13.3 Å². The summed E-state index contributed by atoms with van der Waals surface area (Å²) < 4.78 is 11.1. The zero-order valence-electron chi connectivity index (χ0n) is 15.7. The second-order valence-corrected chi connectivity index (χ2v) is 5.75. The number of nitrogens with one attached hydrogen (secondary N) is 2. The average molecular weight is 384 g/mol. The first-order chi connectivity index (χ1) is 13.6. The summed E-state index contributed by atoms with van der Waals surface area (Å²) in [4.78, 5) is 22.6. The van der Waals surface area contributed by atoms with Crippen LogP contribution in [0.25, 0.3) is 0 Å². The number of hydrogen-bond acceptors (Lipinski definition) is 5. The van der Waals surface area contributed by atoms with Crippen molar-refractivity contribution in [2.24, 2.45) is 10.8 Å². The van der Waals surface area contributed by atoms with E-state index in [0.29, 0.717) is 30.2 Å². The van der Waals surface area contributed by atoms with E-state index in [4.69, 9.17) is 15.2 Å². The molecule has 3 amide bonds. The first kappa shape index (κ1) is 20.8. The molecule has 0 fully saturated rings. The maximum atomic E-state index is 12.0. The van der Waals surface area contributed by atoms with Crippen molar-refractivity contribution < 1.29 is 19.1 Å². The van der Waals surface area contributed by atoms with Crippen LogP contribution in [0, 0.1) is 0 Å². The number of nitrogens with two attached hydrogens (primary N) is 1. The van der Waals surface area contributed by atoms with Gasteiger partial charge in [-0.3, -0.25) is 4.79 Å². The van der Waals surface area contributed by atoms with E-state index in [-0.39, 0.29) is 12.5 Å². The molecule has 0 unspecified atom stereocenters. The number of amides is 3. The summed E-state index contributed by atoms with van der Waals surface area (Å²) >= 11 is 0. The van der Waals surface area contributed by atoms with Crippen LogP contribution in [0.2, 0.25) is 0 Å². The molecule has 0 radical (unpaired) electrons. The summed E-state index contributed by atoms with van der Waals surface area (Å²) in [7, 11) is 0. The van der Waals surface area contributed by atoms with Gasteiger partial charge in [0.2, 0.25) is 0 Å². The molecule has 148 valence electrons. The monoisotopic (exact) mass is 384 g/mol. The molecule has 28 heavy (non-hydrogen) atoms. The fourth-order valence-electron chi connectivity index (χ4n) is 2.35. The van der Waals surface area contributed by atoms with E-state index in [1.54, 1.807) is 18.2 Å². The fraction of sp³-hybridized carbons (Fsp3) is 0.250. The molecule has 0 atom stereocenters. The Morgan fingerprint density at radius 2 is 1.89 bits per heavy atom. The summed E-state index contributed by atoms with van der Waals surface area (Å²) in [5.41, 5.74) is 8.90. The maximum absolute atomic E-state index is 12.0. The molecule has 2 rings (SSSR count). The zero-order chi connectivity index (χ0) is 20.2. The lowest BCUT2D eigenvalue weighted by Gasteiger charge is -2.12.